The summed E-state index contributed by atoms with van der Waals surface area (Å²) in [5.74, 6) is 0. The molecular weight excluding hydrogens is 534 g/mol. The van der Waals surface area contributed by atoms with Crippen LogP contribution in [0.25, 0.3) is 65.4 Å². The Bertz CT molecular complexity index is 2480. The average molecular weight is 562 g/mol. The van der Waals surface area contributed by atoms with Gasteiger partial charge in [0.15, 0.2) is 0 Å². The number of rotatable bonds is 4. The summed E-state index contributed by atoms with van der Waals surface area (Å²) in [5.41, 5.74) is 7.64. The van der Waals surface area contributed by atoms with Crippen LogP contribution in [-0.4, -0.2) is 0 Å². The van der Waals surface area contributed by atoms with Crippen molar-refractivity contribution in [2.45, 2.75) is 0 Å². The first-order valence-corrected chi connectivity index (χ1v) is 15.0. The lowest BCUT2D eigenvalue weighted by Gasteiger charge is -2.26. The van der Waals surface area contributed by atoms with Crippen LogP contribution in [0, 0.1) is 0 Å². The van der Waals surface area contributed by atoms with Gasteiger partial charge in [0.2, 0.25) is 0 Å². The highest BCUT2D eigenvalue weighted by Crippen LogP contribution is 2.41. The summed E-state index contributed by atoms with van der Waals surface area (Å²) in [6, 6.07) is 58.6. The van der Waals surface area contributed by atoms with E-state index in [2.05, 4.69) is 157 Å². The Morgan fingerprint density at radius 3 is 1.75 bits per heavy atom. The lowest BCUT2D eigenvalue weighted by molar-refractivity contribution is 0.669. The lowest BCUT2D eigenvalue weighted by atomic mass is 9.95. The molecule has 1 heterocycles. The normalized spacial score (nSPS) is 11.6. The van der Waals surface area contributed by atoms with Gasteiger partial charge in [-0.15, -0.1) is 0 Å². The second kappa shape index (κ2) is 9.86. The van der Waals surface area contributed by atoms with E-state index in [1.807, 2.05) is 12.1 Å². The Kier molecular flexibility index (Phi) is 5.54. The van der Waals surface area contributed by atoms with Crippen LogP contribution in [0.4, 0.5) is 17.1 Å². The van der Waals surface area contributed by atoms with Crippen molar-refractivity contribution in [2.75, 3.05) is 4.90 Å². The number of anilines is 3. The third-order valence-corrected chi connectivity index (χ3v) is 8.80. The minimum atomic E-state index is 0.925. The van der Waals surface area contributed by atoms with Gasteiger partial charge < -0.3 is 9.32 Å². The van der Waals surface area contributed by atoms with Gasteiger partial charge in [0.1, 0.15) is 11.2 Å². The van der Waals surface area contributed by atoms with Crippen LogP contribution in [0.1, 0.15) is 0 Å². The van der Waals surface area contributed by atoms with E-state index in [0.717, 1.165) is 39.0 Å². The van der Waals surface area contributed by atoms with Gasteiger partial charge in [-0.05, 0) is 98.0 Å². The fourth-order valence-electron chi connectivity index (χ4n) is 6.69. The second-order valence-electron chi connectivity index (χ2n) is 11.4. The van der Waals surface area contributed by atoms with E-state index in [-0.39, 0.29) is 0 Å². The molecule has 0 saturated carbocycles. The maximum absolute atomic E-state index is 6.30. The van der Waals surface area contributed by atoms with Crippen molar-refractivity contribution >= 4 is 71.3 Å². The van der Waals surface area contributed by atoms with E-state index in [1.54, 1.807) is 0 Å². The first kappa shape index (κ1) is 24.7. The number of para-hydroxylation sites is 2. The molecule has 206 valence electrons. The van der Waals surface area contributed by atoms with Gasteiger partial charge in [-0.3, -0.25) is 0 Å². The molecular formula is C42H27NO. The molecule has 0 bridgehead atoms. The van der Waals surface area contributed by atoms with E-state index >= 15 is 0 Å². The van der Waals surface area contributed by atoms with Crippen LogP contribution < -0.4 is 4.90 Å². The third kappa shape index (κ3) is 3.96. The zero-order valence-electron chi connectivity index (χ0n) is 23.9. The monoisotopic (exact) mass is 561 g/mol. The van der Waals surface area contributed by atoms with Gasteiger partial charge in [0, 0.05) is 27.8 Å². The summed E-state index contributed by atoms with van der Waals surface area (Å²) >= 11 is 0. The molecule has 9 rings (SSSR count). The molecule has 0 aliphatic rings. The molecule has 0 amide bonds. The minimum absolute atomic E-state index is 0.925. The Hall–Kier alpha value is -5.86. The summed E-state index contributed by atoms with van der Waals surface area (Å²) in [7, 11) is 0. The van der Waals surface area contributed by atoms with Crippen molar-refractivity contribution < 1.29 is 4.42 Å². The molecule has 0 fully saturated rings. The summed E-state index contributed by atoms with van der Waals surface area (Å²) in [6.07, 6.45) is 0. The molecule has 0 spiro atoms. The molecule has 0 radical (unpaired) electrons. The average Bonchev–Trinajstić information content (AvgIpc) is 3.45. The van der Waals surface area contributed by atoms with Crippen LogP contribution in [-0.2, 0) is 0 Å². The van der Waals surface area contributed by atoms with Crippen LogP contribution in [0.15, 0.2) is 168 Å². The maximum atomic E-state index is 6.30. The standard InChI is InChI=1S/C42H27NO/c1-3-9-28(10-4-1)29-19-21-34(22-20-29)43(33-11-5-2-6-12-33)35-23-24-36-31(25-35)17-15-30-16-18-32-26-39-37-13-7-8-14-40(37)44-41(39)27-38(32)42(30)36/h1-27H. The highest BCUT2D eigenvalue weighted by Gasteiger charge is 2.15. The molecule has 0 atom stereocenters. The smallest absolute Gasteiger partial charge is 0.136 e. The van der Waals surface area contributed by atoms with Crippen molar-refractivity contribution in [1.82, 2.24) is 0 Å². The first-order valence-electron chi connectivity index (χ1n) is 15.0. The number of hydrogen-bond acceptors (Lipinski definition) is 2. The van der Waals surface area contributed by atoms with Gasteiger partial charge >= 0.3 is 0 Å². The lowest BCUT2D eigenvalue weighted by Crippen LogP contribution is -2.09. The maximum Gasteiger partial charge on any atom is 0.136 e. The Balaban J connectivity index is 1.22. The van der Waals surface area contributed by atoms with Crippen molar-refractivity contribution in [3.05, 3.63) is 164 Å². The zero-order chi connectivity index (χ0) is 29.0. The molecule has 9 aromatic rings. The highest BCUT2D eigenvalue weighted by atomic mass is 16.3. The van der Waals surface area contributed by atoms with Crippen molar-refractivity contribution in [3.63, 3.8) is 0 Å². The molecule has 0 aliphatic carbocycles. The van der Waals surface area contributed by atoms with E-state index in [4.69, 9.17) is 4.42 Å². The SMILES string of the molecule is c1ccc(-c2ccc(N(c3ccccc3)c3ccc4c(ccc5ccc6cc7c(cc6c54)oc4ccccc47)c3)cc2)cc1. The Morgan fingerprint density at radius 2 is 0.955 bits per heavy atom. The fraction of sp³-hybridized carbons (Fsp3) is 0. The van der Waals surface area contributed by atoms with Crippen molar-refractivity contribution in [1.29, 1.82) is 0 Å². The third-order valence-electron chi connectivity index (χ3n) is 8.80. The number of benzene rings is 8. The predicted molar refractivity (Wildman–Crippen MR) is 186 cm³/mol. The summed E-state index contributed by atoms with van der Waals surface area (Å²) in [6.45, 7) is 0. The van der Waals surface area contributed by atoms with Gasteiger partial charge in [0.25, 0.3) is 0 Å². The molecule has 2 heteroatoms. The fourth-order valence-corrected chi connectivity index (χ4v) is 6.69. The summed E-state index contributed by atoms with van der Waals surface area (Å²) in [4.78, 5) is 2.33. The van der Waals surface area contributed by atoms with Gasteiger partial charge in [0.05, 0.1) is 0 Å². The second-order valence-corrected chi connectivity index (χ2v) is 11.4. The van der Waals surface area contributed by atoms with Gasteiger partial charge in [-0.1, -0.05) is 109 Å². The minimum Gasteiger partial charge on any atom is -0.456 e. The number of nitrogens with zero attached hydrogens (tertiary/aromatic N) is 1. The Labute approximate surface area is 255 Å². The molecule has 0 aliphatic heterocycles. The van der Waals surface area contributed by atoms with Crippen LogP contribution in [0.3, 0.4) is 0 Å². The van der Waals surface area contributed by atoms with E-state index in [1.165, 1.54) is 43.4 Å². The number of fused-ring (bicyclic) bond motifs is 8. The topological polar surface area (TPSA) is 16.4 Å². The zero-order valence-corrected chi connectivity index (χ0v) is 23.9. The predicted octanol–water partition coefficient (Wildman–Crippen LogP) is 12.2. The van der Waals surface area contributed by atoms with E-state index in [0.29, 0.717) is 0 Å². The summed E-state index contributed by atoms with van der Waals surface area (Å²) in [5, 5.41) is 9.67. The van der Waals surface area contributed by atoms with Gasteiger partial charge in [-0.25, -0.2) is 0 Å². The van der Waals surface area contributed by atoms with Crippen LogP contribution >= 0.6 is 0 Å². The first-order chi connectivity index (χ1) is 21.8. The van der Waals surface area contributed by atoms with Crippen molar-refractivity contribution in [3.8, 4) is 11.1 Å². The molecule has 0 unspecified atom stereocenters. The van der Waals surface area contributed by atoms with Crippen LogP contribution in [0.2, 0.25) is 0 Å². The number of furan rings is 1. The van der Waals surface area contributed by atoms with E-state index in [9.17, 15) is 0 Å². The molecule has 8 aromatic carbocycles. The quantitative estimate of drug-likeness (QED) is 0.199. The van der Waals surface area contributed by atoms with E-state index < -0.39 is 0 Å². The highest BCUT2D eigenvalue weighted by molar-refractivity contribution is 6.23. The van der Waals surface area contributed by atoms with Gasteiger partial charge in [-0.2, -0.15) is 0 Å². The Morgan fingerprint density at radius 1 is 0.341 bits per heavy atom. The van der Waals surface area contributed by atoms with Crippen LogP contribution in [0.5, 0.6) is 0 Å². The van der Waals surface area contributed by atoms with Crippen molar-refractivity contribution in [2.24, 2.45) is 0 Å². The molecule has 0 saturated heterocycles. The molecule has 1 aromatic heterocycles. The summed E-state index contributed by atoms with van der Waals surface area (Å²) < 4.78 is 6.30. The molecule has 0 N–H and O–H groups in total. The largest absolute Gasteiger partial charge is 0.456 e. The molecule has 2 nitrogen and oxygen atoms in total. The molecule has 44 heavy (non-hydrogen) atoms. The number of hydrogen-bond donors (Lipinski definition) is 0.